The van der Waals surface area contributed by atoms with E-state index in [1.807, 2.05) is 5.38 Å². The molecule has 1 aliphatic rings. The van der Waals surface area contributed by atoms with Gasteiger partial charge in [0.25, 0.3) is 0 Å². The van der Waals surface area contributed by atoms with E-state index < -0.39 is 0 Å². The molecule has 1 aromatic rings. The first-order chi connectivity index (χ1) is 8.34. The summed E-state index contributed by atoms with van der Waals surface area (Å²) in [4.78, 5) is 15.8. The molecule has 0 atom stereocenters. The Kier molecular flexibility index (Phi) is 4.74. The molecule has 0 aromatic carbocycles. The number of thiazole rings is 1. The van der Waals surface area contributed by atoms with Gasteiger partial charge in [-0.15, -0.1) is 11.3 Å². The first kappa shape index (κ1) is 12.3. The standard InChI is InChI=1S/C13H18N2OS/c16-13(8-7-12-9-17-10-14-12)15-11-5-3-1-2-4-6-11/h7-11H,1-6H2,(H,15,16)/b8-7-. The molecule has 0 saturated heterocycles. The van der Waals surface area contributed by atoms with Crippen LogP contribution in [0.5, 0.6) is 0 Å². The lowest BCUT2D eigenvalue weighted by Crippen LogP contribution is -2.33. The lowest BCUT2D eigenvalue weighted by Gasteiger charge is -2.14. The fourth-order valence-corrected chi connectivity index (χ4v) is 2.66. The van der Waals surface area contributed by atoms with Crippen LogP contribution in [0.4, 0.5) is 0 Å². The molecule has 1 saturated carbocycles. The van der Waals surface area contributed by atoms with Gasteiger partial charge in [0.1, 0.15) is 0 Å². The van der Waals surface area contributed by atoms with Crippen molar-refractivity contribution in [2.24, 2.45) is 0 Å². The molecular weight excluding hydrogens is 232 g/mol. The van der Waals surface area contributed by atoms with Crippen molar-refractivity contribution in [3.05, 3.63) is 22.7 Å². The highest BCUT2D eigenvalue weighted by molar-refractivity contribution is 7.07. The number of amides is 1. The van der Waals surface area contributed by atoms with Gasteiger partial charge < -0.3 is 5.32 Å². The lowest BCUT2D eigenvalue weighted by molar-refractivity contribution is -0.117. The van der Waals surface area contributed by atoms with Gasteiger partial charge in [0.05, 0.1) is 11.2 Å². The molecule has 0 radical (unpaired) electrons. The predicted molar refractivity (Wildman–Crippen MR) is 70.8 cm³/mol. The minimum absolute atomic E-state index is 0.00454. The fourth-order valence-electron chi connectivity index (χ4n) is 2.14. The summed E-state index contributed by atoms with van der Waals surface area (Å²) in [5.41, 5.74) is 2.62. The number of rotatable bonds is 3. The van der Waals surface area contributed by atoms with Gasteiger partial charge in [-0.1, -0.05) is 25.7 Å². The third-order valence-corrected chi connectivity index (χ3v) is 3.66. The van der Waals surface area contributed by atoms with Gasteiger partial charge in [-0.3, -0.25) is 4.79 Å². The van der Waals surface area contributed by atoms with E-state index >= 15 is 0 Å². The Balaban J connectivity index is 1.80. The molecule has 2 rings (SSSR count). The van der Waals surface area contributed by atoms with Crippen molar-refractivity contribution in [2.45, 2.75) is 44.6 Å². The van der Waals surface area contributed by atoms with Crippen molar-refractivity contribution in [1.82, 2.24) is 10.3 Å². The number of aromatic nitrogens is 1. The molecule has 1 fully saturated rings. The van der Waals surface area contributed by atoms with Gasteiger partial charge in [0.15, 0.2) is 0 Å². The van der Waals surface area contributed by atoms with Gasteiger partial charge in [-0.25, -0.2) is 4.98 Å². The third-order valence-electron chi connectivity index (χ3n) is 3.06. The Morgan fingerprint density at radius 2 is 2.12 bits per heavy atom. The molecule has 92 valence electrons. The first-order valence-corrected chi connectivity index (χ1v) is 7.15. The summed E-state index contributed by atoms with van der Waals surface area (Å²) >= 11 is 1.54. The maximum absolute atomic E-state index is 11.7. The summed E-state index contributed by atoms with van der Waals surface area (Å²) < 4.78 is 0. The summed E-state index contributed by atoms with van der Waals surface area (Å²) in [6, 6.07) is 0.366. The van der Waals surface area contributed by atoms with E-state index in [1.54, 1.807) is 17.7 Å². The summed E-state index contributed by atoms with van der Waals surface area (Å²) in [7, 11) is 0. The van der Waals surface area contributed by atoms with Crippen LogP contribution in [0.1, 0.15) is 44.2 Å². The molecule has 0 bridgehead atoms. The zero-order chi connectivity index (χ0) is 11.9. The first-order valence-electron chi connectivity index (χ1n) is 6.21. The summed E-state index contributed by atoms with van der Waals surface area (Å²) in [6.07, 6.45) is 10.7. The largest absolute Gasteiger partial charge is 0.350 e. The van der Waals surface area contributed by atoms with Crippen LogP contribution >= 0.6 is 11.3 Å². The number of carbonyl (C=O) groups is 1. The van der Waals surface area contributed by atoms with Crippen LogP contribution in [-0.2, 0) is 4.79 Å². The second kappa shape index (κ2) is 6.55. The second-order valence-electron chi connectivity index (χ2n) is 4.44. The highest BCUT2D eigenvalue weighted by atomic mass is 32.1. The Bertz CT molecular complexity index is 365. The zero-order valence-corrected chi connectivity index (χ0v) is 10.7. The van der Waals surface area contributed by atoms with Crippen LogP contribution in [0.3, 0.4) is 0 Å². The number of carbonyl (C=O) groups excluding carboxylic acids is 1. The van der Waals surface area contributed by atoms with Crippen LogP contribution in [0.15, 0.2) is 17.0 Å². The van der Waals surface area contributed by atoms with Crippen molar-refractivity contribution in [3.63, 3.8) is 0 Å². The van der Waals surface area contributed by atoms with Crippen molar-refractivity contribution < 1.29 is 4.79 Å². The van der Waals surface area contributed by atoms with Gasteiger partial charge in [0, 0.05) is 17.5 Å². The molecule has 0 aliphatic heterocycles. The second-order valence-corrected chi connectivity index (χ2v) is 5.16. The predicted octanol–water partition coefficient (Wildman–Crippen LogP) is 3.00. The van der Waals surface area contributed by atoms with Gasteiger partial charge in [-0.2, -0.15) is 0 Å². The van der Waals surface area contributed by atoms with E-state index in [0.717, 1.165) is 18.5 Å². The van der Waals surface area contributed by atoms with Crippen molar-refractivity contribution in [2.75, 3.05) is 0 Å². The SMILES string of the molecule is O=C(/C=C\c1cscn1)NC1CCCCCC1. The Morgan fingerprint density at radius 3 is 2.76 bits per heavy atom. The topological polar surface area (TPSA) is 42.0 Å². The molecule has 1 aliphatic carbocycles. The minimum Gasteiger partial charge on any atom is -0.350 e. The maximum atomic E-state index is 11.7. The molecule has 4 heteroatoms. The average Bonchev–Trinajstić information content (AvgIpc) is 2.72. The lowest BCUT2D eigenvalue weighted by atomic mass is 10.1. The van der Waals surface area contributed by atoms with Crippen molar-refractivity contribution in [1.29, 1.82) is 0 Å². The molecule has 17 heavy (non-hydrogen) atoms. The molecular formula is C13H18N2OS. The van der Waals surface area contributed by atoms with Crippen molar-refractivity contribution >= 4 is 23.3 Å². The highest BCUT2D eigenvalue weighted by Crippen LogP contribution is 2.17. The highest BCUT2D eigenvalue weighted by Gasteiger charge is 2.12. The van der Waals surface area contributed by atoms with Crippen LogP contribution in [0.2, 0.25) is 0 Å². The normalized spacial score (nSPS) is 18.1. The molecule has 3 nitrogen and oxygen atoms in total. The molecule has 0 unspecified atom stereocenters. The van der Waals surface area contributed by atoms with Crippen molar-refractivity contribution in [3.8, 4) is 0 Å². The Morgan fingerprint density at radius 1 is 1.35 bits per heavy atom. The Labute approximate surface area is 106 Å². The zero-order valence-electron chi connectivity index (χ0n) is 9.89. The summed E-state index contributed by atoms with van der Waals surface area (Å²) in [6.45, 7) is 0. The number of hydrogen-bond acceptors (Lipinski definition) is 3. The maximum Gasteiger partial charge on any atom is 0.244 e. The smallest absolute Gasteiger partial charge is 0.244 e. The number of nitrogens with one attached hydrogen (secondary N) is 1. The van der Waals surface area contributed by atoms with E-state index in [-0.39, 0.29) is 5.91 Å². The van der Waals surface area contributed by atoms with Gasteiger partial charge >= 0.3 is 0 Å². The van der Waals surface area contributed by atoms with Crippen LogP contribution in [0.25, 0.3) is 6.08 Å². The van der Waals surface area contributed by atoms with E-state index in [4.69, 9.17) is 0 Å². The number of hydrogen-bond donors (Lipinski definition) is 1. The average molecular weight is 250 g/mol. The van der Waals surface area contributed by atoms with Crippen LogP contribution in [0, 0.1) is 0 Å². The number of nitrogens with zero attached hydrogens (tertiary/aromatic N) is 1. The molecule has 1 N–H and O–H groups in total. The van der Waals surface area contributed by atoms with E-state index in [9.17, 15) is 4.79 Å². The van der Waals surface area contributed by atoms with Crippen LogP contribution < -0.4 is 5.32 Å². The van der Waals surface area contributed by atoms with Gasteiger partial charge in [0.2, 0.25) is 5.91 Å². The monoisotopic (exact) mass is 250 g/mol. The third kappa shape index (κ3) is 4.30. The quantitative estimate of drug-likeness (QED) is 0.662. The molecule has 1 amide bonds. The van der Waals surface area contributed by atoms with E-state index in [1.165, 1.54) is 37.0 Å². The minimum atomic E-state index is 0.00454. The van der Waals surface area contributed by atoms with Gasteiger partial charge in [-0.05, 0) is 18.9 Å². The summed E-state index contributed by atoms with van der Waals surface area (Å²) in [5.74, 6) is 0.00454. The molecule has 1 heterocycles. The van der Waals surface area contributed by atoms with E-state index in [0.29, 0.717) is 6.04 Å². The summed E-state index contributed by atoms with van der Waals surface area (Å²) in [5, 5.41) is 5.00. The molecule has 1 aromatic heterocycles. The Hall–Kier alpha value is -1.16. The molecule has 0 spiro atoms. The fraction of sp³-hybridized carbons (Fsp3) is 0.538. The van der Waals surface area contributed by atoms with Crippen LogP contribution in [-0.4, -0.2) is 16.9 Å². The van der Waals surface area contributed by atoms with E-state index in [2.05, 4.69) is 10.3 Å².